The van der Waals surface area contributed by atoms with Crippen LogP contribution < -0.4 is 0 Å². The first-order valence-electron chi connectivity index (χ1n) is 5.35. The lowest BCUT2D eigenvalue weighted by molar-refractivity contribution is 0.488. The highest BCUT2D eigenvalue weighted by Gasteiger charge is 2.29. The standard InChI is InChI=1S/C11H11NO3S2/c13-17(14)6-5-8(7-17)16-11-12-9-3-1-2-4-10(9)15-11/h1-4,8H,5-7H2/t8-/m0/s1. The molecule has 6 heteroatoms. The molecule has 3 rings (SSSR count). The molecule has 1 aromatic heterocycles. The van der Waals surface area contributed by atoms with E-state index >= 15 is 0 Å². The molecule has 1 atom stereocenters. The Morgan fingerprint density at radius 3 is 2.88 bits per heavy atom. The third-order valence-corrected chi connectivity index (χ3v) is 5.82. The highest BCUT2D eigenvalue weighted by molar-refractivity contribution is 8.01. The van der Waals surface area contributed by atoms with Gasteiger partial charge in [-0.1, -0.05) is 23.9 Å². The van der Waals surface area contributed by atoms with Gasteiger partial charge in [0.2, 0.25) is 0 Å². The molecule has 0 spiro atoms. The lowest BCUT2D eigenvalue weighted by Crippen LogP contribution is -2.05. The van der Waals surface area contributed by atoms with E-state index in [0.29, 0.717) is 11.6 Å². The van der Waals surface area contributed by atoms with E-state index in [1.165, 1.54) is 11.8 Å². The van der Waals surface area contributed by atoms with Crippen LogP contribution in [0.2, 0.25) is 0 Å². The number of fused-ring (bicyclic) bond motifs is 1. The van der Waals surface area contributed by atoms with Crippen LogP contribution >= 0.6 is 11.8 Å². The number of hydrogen-bond donors (Lipinski definition) is 0. The van der Waals surface area contributed by atoms with Gasteiger partial charge in [-0.3, -0.25) is 0 Å². The van der Waals surface area contributed by atoms with Gasteiger partial charge in [0.15, 0.2) is 15.4 Å². The summed E-state index contributed by atoms with van der Waals surface area (Å²) in [6.45, 7) is 0. The smallest absolute Gasteiger partial charge is 0.257 e. The Morgan fingerprint density at radius 2 is 2.18 bits per heavy atom. The van der Waals surface area contributed by atoms with Crippen LogP contribution in [0.15, 0.2) is 33.9 Å². The average molecular weight is 269 g/mol. The van der Waals surface area contributed by atoms with Crippen molar-refractivity contribution in [3.05, 3.63) is 24.3 Å². The summed E-state index contributed by atoms with van der Waals surface area (Å²) in [5.41, 5.74) is 1.56. The van der Waals surface area contributed by atoms with Crippen LogP contribution in [0.5, 0.6) is 0 Å². The van der Waals surface area contributed by atoms with Gasteiger partial charge in [-0.25, -0.2) is 13.4 Å². The van der Waals surface area contributed by atoms with E-state index in [0.717, 1.165) is 11.1 Å². The number of oxazole rings is 1. The molecule has 0 aliphatic carbocycles. The third kappa shape index (κ3) is 2.32. The first-order valence-corrected chi connectivity index (χ1v) is 8.05. The Morgan fingerprint density at radius 1 is 1.35 bits per heavy atom. The minimum Gasteiger partial charge on any atom is -0.431 e. The summed E-state index contributed by atoms with van der Waals surface area (Å²) in [7, 11) is -2.84. The van der Waals surface area contributed by atoms with Gasteiger partial charge in [-0.15, -0.1) is 0 Å². The Bertz CT molecular complexity index is 615. The van der Waals surface area contributed by atoms with Gasteiger partial charge < -0.3 is 4.42 Å². The molecular formula is C11H11NO3S2. The first kappa shape index (κ1) is 11.1. The predicted octanol–water partition coefficient (Wildman–Crippen LogP) is 2.11. The Labute approximate surface area is 103 Å². The second kappa shape index (κ2) is 4.03. The molecule has 2 heterocycles. The summed E-state index contributed by atoms with van der Waals surface area (Å²) in [4.78, 5) is 4.33. The quantitative estimate of drug-likeness (QED) is 0.835. The van der Waals surface area contributed by atoms with Crippen molar-refractivity contribution in [3.8, 4) is 0 Å². The van der Waals surface area contributed by atoms with E-state index in [2.05, 4.69) is 4.98 Å². The lowest BCUT2D eigenvalue weighted by atomic mass is 10.3. The zero-order valence-corrected chi connectivity index (χ0v) is 10.6. The number of benzene rings is 1. The topological polar surface area (TPSA) is 60.2 Å². The lowest BCUT2D eigenvalue weighted by Gasteiger charge is -2.01. The Balaban J connectivity index is 1.81. The molecule has 17 heavy (non-hydrogen) atoms. The number of hydrogen-bond acceptors (Lipinski definition) is 5. The maximum atomic E-state index is 11.3. The van der Waals surface area contributed by atoms with Gasteiger partial charge in [0, 0.05) is 5.25 Å². The maximum absolute atomic E-state index is 11.3. The monoisotopic (exact) mass is 269 g/mol. The first-order chi connectivity index (χ1) is 8.12. The molecule has 0 amide bonds. The van der Waals surface area contributed by atoms with Gasteiger partial charge in [-0.2, -0.15) is 0 Å². The summed E-state index contributed by atoms with van der Waals surface area (Å²) in [5, 5.41) is 0.640. The van der Waals surface area contributed by atoms with Crippen LogP contribution in [0.1, 0.15) is 6.42 Å². The van der Waals surface area contributed by atoms with Crippen molar-refractivity contribution in [1.82, 2.24) is 4.98 Å². The number of rotatable bonds is 2. The van der Waals surface area contributed by atoms with E-state index in [4.69, 9.17) is 4.42 Å². The number of aromatic nitrogens is 1. The Hall–Kier alpha value is -1.01. The molecule has 1 saturated heterocycles. The van der Waals surface area contributed by atoms with Gasteiger partial charge in [-0.05, 0) is 18.6 Å². The summed E-state index contributed by atoms with van der Waals surface area (Å²) in [6.07, 6.45) is 0.686. The van der Waals surface area contributed by atoms with E-state index in [9.17, 15) is 8.42 Å². The number of thioether (sulfide) groups is 1. The van der Waals surface area contributed by atoms with Gasteiger partial charge in [0.25, 0.3) is 5.22 Å². The van der Waals surface area contributed by atoms with Crippen LogP contribution in [0.4, 0.5) is 0 Å². The van der Waals surface area contributed by atoms with E-state index < -0.39 is 9.84 Å². The zero-order chi connectivity index (χ0) is 11.9. The van der Waals surface area contributed by atoms with Crippen LogP contribution in [-0.2, 0) is 9.84 Å². The zero-order valence-electron chi connectivity index (χ0n) is 9.00. The van der Waals surface area contributed by atoms with Crippen molar-refractivity contribution < 1.29 is 12.8 Å². The average Bonchev–Trinajstić information content (AvgIpc) is 2.81. The fraction of sp³-hybridized carbons (Fsp3) is 0.364. The number of nitrogens with zero attached hydrogens (tertiary/aromatic N) is 1. The SMILES string of the molecule is O=S1(=O)CC[C@H](Sc2nc3ccccc3o2)C1. The van der Waals surface area contributed by atoms with Crippen molar-refractivity contribution in [2.75, 3.05) is 11.5 Å². The highest BCUT2D eigenvalue weighted by atomic mass is 32.2. The van der Waals surface area contributed by atoms with E-state index in [1.807, 2.05) is 24.3 Å². The molecule has 90 valence electrons. The second-order valence-electron chi connectivity index (χ2n) is 4.09. The molecule has 0 bridgehead atoms. The molecule has 1 aromatic carbocycles. The van der Waals surface area contributed by atoms with Gasteiger partial charge in [0.05, 0.1) is 11.5 Å². The van der Waals surface area contributed by atoms with Gasteiger partial charge >= 0.3 is 0 Å². The van der Waals surface area contributed by atoms with Crippen molar-refractivity contribution in [3.63, 3.8) is 0 Å². The van der Waals surface area contributed by atoms with Crippen LogP contribution in [0.25, 0.3) is 11.1 Å². The molecule has 1 aliphatic rings. The normalized spacial score (nSPS) is 23.2. The fourth-order valence-electron chi connectivity index (χ4n) is 1.90. The summed E-state index contributed by atoms with van der Waals surface area (Å²) in [5.74, 6) is 0.515. The molecular weight excluding hydrogens is 258 g/mol. The molecule has 0 saturated carbocycles. The molecule has 4 nitrogen and oxygen atoms in total. The van der Waals surface area contributed by atoms with Gasteiger partial charge in [0.1, 0.15) is 5.52 Å². The number of sulfone groups is 1. The fourth-order valence-corrected chi connectivity index (χ4v) is 5.29. The van der Waals surface area contributed by atoms with Crippen molar-refractivity contribution in [1.29, 1.82) is 0 Å². The second-order valence-corrected chi connectivity index (χ2v) is 7.57. The largest absolute Gasteiger partial charge is 0.431 e. The van der Waals surface area contributed by atoms with Crippen molar-refractivity contribution >= 4 is 32.7 Å². The molecule has 1 fully saturated rings. The summed E-state index contributed by atoms with van der Waals surface area (Å²) >= 11 is 1.42. The van der Waals surface area contributed by atoms with Crippen LogP contribution in [-0.4, -0.2) is 30.2 Å². The highest BCUT2D eigenvalue weighted by Crippen LogP contribution is 2.32. The van der Waals surface area contributed by atoms with Crippen molar-refractivity contribution in [2.45, 2.75) is 16.9 Å². The summed E-state index contributed by atoms with van der Waals surface area (Å²) < 4.78 is 28.2. The van der Waals surface area contributed by atoms with Crippen LogP contribution in [0, 0.1) is 0 Å². The minimum atomic E-state index is -2.84. The molecule has 0 N–H and O–H groups in total. The number of para-hydroxylation sites is 2. The maximum Gasteiger partial charge on any atom is 0.257 e. The Kier molecular flexibility index (Phi) is 2.63. The molecule has 1 aliphatic heterocycles. The van der Waals surface area contributed by atoms with E-state index in [1.54, 1.807) is 0 Å². The minimum absolute atomic E-state index is 0.0769. The summed E-state index contributed by atoms with van der Waals surface area (Å²) in [6, 6.07) is 7.54. The van der Waals surface area contributed by atoms with E-state index in [-0.39, 0.29) is 16.8 Å². The molecule has 0 unspecified atom stereocenters. The van der Waals surface area contributed by atoms with Crippen LogP contribution in [0.3, 0.4) is 0 Å². The predicted molar refractivity (Wildman–Crippen MR) is 66.9 cm³/mol. The molecule has 0 radical (unpaired) electrons. The third-order valence-electron chi connectivity index (χ3n) is 2.73. The van der Waals surface area contributed by atoms with Crippen molar-refractivity contribution in [2.24, 2.45) is 0 Å². The molecule has 2 aromatic rings.